The van der Waals surface area contributed by atoms with Gasteiger partial charge in [0.25, 0.3) is 0 Å². The number of carbonyl (C=O) groups is 2. The van der Waals surface area contributed by atoms with Gasteiger partial charge in [-0.15, -0.1) is 0 Å². The van der Waals surface area contributed by atoms with E-state index in [1.807, 2.05) is 0 Å². The van der Waals surface area contributed by atoms with Gasteiger partial charge in [-0.1, -0.05) is 30.1 Å². The van der Waals surface area contributed by atoms with Gasteiger partial charge in [0.2, 0.25) is 11.8 Å². The Labute approximate surface area is 152 Å². The molecule has 130 valence electrons. The molecule has 24 heavy (non-hydrogen) atoms. The number of amides is 2. The van der Waals surface area contributed by atoms with Crippen molar-refractivity contribution in [3.05, 3.63) is 28.2 Å². The van der Waals surface area contributed by atoms with Gasteiger partial charge in [-0.05, 0) is 49.8 Å². The average Bonchev–Trinajstić information content (AvgIpc) is 2.94. The van der Waals surface area contributed by atoms with Crippen molar-refractivity contribution in [2.75, 3.05) is 11.4 Å². The summed E-state index contributed by atoms with van der Waals surface area (Å²) in [6.07, 6.45) is 4.57. The molecule has 3 rings (SSSR count). The normalized spacial score (nSPS) is 27.4. The number of nitrogens with one attached hydrogen (secondary N) is 1. The predicted octanol–water partition coefficient (Wildman–Crippen LogP) is 4.04. The predicted molar refractivity (Wildman–Crippen MR) is 96.5 cm³/mol. The number of nitrogens with zero attached hydrogens (tertiary/aromatic N) is 1. The molecule has 0 radical (unpaired) electrons. The van der Waals surface area contributed by atoms with E-state index in [0.29, 0.717) is 22.3 Å². The van der Waals surface area contributed by atoms with Gasteiger partial charge in [0.15, 0.2) is 0 Å². The fraction of sp³-hybridized carbons (Fsp3) is 0.556. The molecule has 2 aliphatic rings. The van der Waals surface area contributed by atoms with Crippen molar-refractivity contribution in [2.24, 2.45) is 11.8 Å². The first-order chi connectivity index (χ1) is 11.4. The van der Waals surface area contributed by atoms with E-state index in [4.69, 9.17) is 23.2 Å². The monoisotopic (exact) mass is 368 g/mol. The fourth-order valence-corrected chi connectivity index (χ4v) is 3.92. The second-order valence-electron chi connectivity index (χ2n) is 6.97. The number of carbonyl (C=O) groups excluding carboxylic acids is 2. The second kappa shape index (κ2) is 7.32. The van der Waals surface area contributed by atoms with E-state index in [-0.39, 0.29) is 30.2 Å². The first-order valence-electron chi connectivity index (χ1n) is 8.50. The molecule has 0 bridgehead atoms. The number of rotatable bonds is 3. The van der Waals surface area contributed by atoms with Crippen molar-refractivity contribution in [2.45, 2.75) is 45.1 Å². The molecular weight excluding hydrogens is 347 g/mol. The Morgan fingerprint density at radius 1 is 1.21 bits per heavy atom. The third-order valence-corrected chi connectivity index (χ3v) is 5.61. The summed E-state index contributed by atoms with van der Waals surface area (Å²) in [4.78, 5) is 26.4. The fourth-order valence-electron chi connectivity index (χ4n) is 3.53. The van der Waals surface area contributed by atoms with Gasteiger partial charge in [0.05, 0.1) is 16.6 Å². The lowest BCUT2D eigenvalue weighted by molar-refractivity contribution is -0.127. The van der Waals surface area contributed by atoms with E-state index in [1.165, 1.54) is 0 Å². The lowest BCUT2D eigenvalue weighted by Crippen LogP contribution is -2.41. The molecule has 0 aromatic heterocycles. The number of benzene rings is 1. The van der Waals surface area contributed by atoms with Crippen LogP contribution in [0.3, 0.4) is 0 Å². The largest absolute Gasteiger partial charge is 0.353 e. The third kappa shape index (κ3) is 3.86. The second-order valence-corrected chi connectivity index (χ2v) is 7.81. The van der Waals surface area contributed by atoms with Gasteiger partial charge in [0, 0.05) is 24.0 Å². The Hall–Kier alpha value is -1.26. The van der Waals surface area contributed by atoms with E-state index in [9.17, 15) is 9.59 Å². The standard InChI is InChI=1S/C18H22Cl2N2O2/c1-11-2-5-14(6-3-11)21-18(24)12-8-17(23)22(10-12)16-9-13(19)4-7-15(16)20/h4,7,9,11-12,14H,2-3,5-6,8,10H2,1H3,(H,21,24)/t11?,12-,14?/m1/s1. The molecule has 2 amide bonds. The highest BCUT2D eigenvalue weighted by Crippen LogP contribution is 2.33. The summed E-state index contributed by atoms with van der Waals surface area (Å²) in [6.45, 7) is 2.61. The Kier molecular flexibility index (Phi) is 5.36. The molecule has 6 heteroatoms. The van der Waals surface area contributed by atoms with E-state index in [1.54, 1.807) is 23.1 Å². The molecule has 1 aromatic carbocycles. The molecule has 1 aromatic rings. The van der Waals surface area contributed by atoms with Crippen molar-refractivity contribution in [3.63, 3.8) is 0 Å². The first-order valence-corrected chi connectivity index (χ1v) is 9.25. The van der Waals surface area contributed by atoms with Crippen LogP contribution in [0.4, 0.5) is 5.69 Å². The van der Waals surface area contributed by atoms with Crippen LogP contribution in [0.5, 0.6) is 0 Å². The van der Waals surface area contributed by atoms with E-state index in [2.05, 4.69) is 12.2 Å². The summed E-state index contributed by atoms with van der Waals surface area (Å²) in [5.74, 6) is 0.304. The number of anilines is 1. The van der Waals surface area contributed by atoms with Gasteiger partial charge in [-0.2, -0.15) is 0 Å². The molecule has 1 aliphatic carbocycles. The average molecular weight is 369 g/mol. The summed E-state index contributed by atoms with van der Waals surface area (Å²) in [6, 6.07) is 5.27. The maximum Gasteiger partial charge on any atom is 0.227 e. The van der Waals surface area contributed by atoms with Crippen LogP contribution in [-0.4, -0.2) is 24.4 Å². The van der Waals surface area contributed by atoms with Gasteiger partial charge < -0.3 is 10.2 Å². The maximum atomic E-state index is 12.5. The lowest BCUT2D eigenvalue weighted by atomic mass is 9.87. The summed E-state index contributed by atoms with van der Waals surface area (Å²) in [7, 11) is 0. The van der Waals surface area contributed by atoms with Gasteiger partial charge >= 0.3 is 0 Å². The van der Waals surface area contributed by atoms with Crippen LogP contribution < -0.4 is 10.2 Å². The number of halogens is 2. The lowest BCUT2D eigenvalue weighted by Gasteiger charge is -2.27. The quantitative estimate of drug-likeness (QED) is 0.874. The van der Waals surface area contributed by atoms with Crippen molar-refractivity contribution >= 4 is 40.7 Å². The Balaban J connectivity index is 1.64. The number of hydrogen-bond acceptors (Lipinski definition) is 2. The molecule has 1 heterocycles. The molecule has 1 N–H and O–H groups in total. The zero-order valence-electron chi connectivity index (χ0n) is 13.7. The van der Waals surface area contributed by atoms with Crippen molar-refractivity contribution in [3.8, 4) is 0 Å². The van der Waals surface area contributed by atoms with Crippen LogP contribution in [0, 0.1) is 11.8 Å². The minimum absolute atomic E-state index is 0.0245. The molecule has 0 spiro atoms. The van der Waals surface area contributed by atoms with E-state index < -0.39 is 0 Å². The van der Waals surface area contributed by atoms with Crippen LogP contribution in [0.1, 0.15) is 39.0 Å². The molecule has 1 aliphatic heterocycles. The summed E-state index contributed by atoms with van der Waals surface area (Å²) >= 11 is 12.2. The summed E-state index contributed by atoms with van der Waals surface area (Å²) < 4.78 is 0. The molecule has 1 saturated carbocycles. The topological polar surface area (TPSA) is 49.4 Å². The maximum absolute atomic E-state index is 12.5. The highest BCUT2D eigenvalue weighted by Gasteiger charge is 2.36. The van der Waals surface area contributed by atoms with Crippen LogP contribution in [0.15, 0.2) is 18.2 Å². The van der Waals surface area contributed by atoms with Crippen LogP contribution in [-0.2, 0) is 9.59 Å². The Morgan fingerprint density at radius 3 is 2.62 bits per heavy atom. The van der Waals surface area contributed by atoms with E-state index >= 15 is 0 Å². The minimum Gasteiger partial charge on any atom is -0.353 e. The zero-order valence-corrected chi connectivity index (χ0v) is 15.2. The zero-order chi connectivity index (χ0) is 17.3. The van der Waals surface area contributed by atoms with Gasteiger partial charge in [0.1, 0.15) is 0 Å². The van der Waals surface area contributed by atoms with E-state index in [0.717, 1.165) is 31.6 Å². The molecular formula is C18H22Cl2N2O2. The molecule has 0 unspecified atom stereocenters. The Morgan fingerprint density at radius 2 is 1.92 bits per heavy atom. The highest BCUT2D eigenvalue weighted by atomic mass is 35.5. The molecule has 1 saturated heterocycles. The molecule has 2 fully saturated rings. The van der Waals surface area contributed by atoms with Crippen LogP contribution in [0.2, 0.25) is 10.0 Å². The van der Waals surface area contributed by atoms with Crippen LogP contribution in [0.25, 0.3) is 0 Å². The van der Waals surface area contributed by atoms with Crippen LogP contribution >= 0.6 is 23.2 Å². The highest BCUT2D eigenvalue weighted by molar-refractivity contribution is 6.35. The summed E-state index contributed by atoms with van der Waals surface area (Å²) in [5, 5.41) is 4.11. The van der Waals surface area contributed by atoms with Gasteiger partial charge in [-0.3, -0.25) is 9.59 Å². The Bertz CT molecular complexity index is 642. The minimum atomic E-state index is -0.327. The van der Waals surface area contributed by atoms with Crippen molar-refractivity contribution in [1.82, 2.24) is 5.32 Å². The SMILES string of the molecule is CC1CCC(NC(=O)[C@@H]2CC(=O)N(c3cc(Cl)ccc3Cl)C2)CC1. The van der Waals surface area contributed by atoms with Gasteiger partial charge in [-0.25, -0.2) is 0 Å². The van der Waals surface area contributed by atoms with Crippen molar-refractivity contribution < 1.29 is 9.59 Å². The van der Waals surface area contributed by atoms with Crippen molar-refractivity contribution in [1.29, 1.82) is 0 Å². The molecule has 4 nitrogen and oxygen atoms in total. The third-order valence-electron chi connectivity index (χ3n) is 5.06. The molecule has 1 atom stereocenters. The number of hydrogen-bond donors (Lipinski definition) is 1. The summed E-state index contributed by atoms with van der Waals surface area (Å²) in [5.41, 5.74) is 0.580. The first kappa shape index (κ1) is 17.6. The smallest absolute Gasteiger partial charge is 0.227 e.